The average Bonchev–Trinajstić information content (AvgIpc) is 3.51. The van der Waals surface area contributed by atoms with Crippen LogP contribution in [-0.4, -0.2) is 38.2 Å². The predicted octanol–water partition coefficient (Wildman–Crippen LogP) is 4.75. The molecule has 0 radical (unpaired) electrons. The molecule has 6 rings (SSSR count). The molecule has 0 saturated carbocycles. The Morgan fingerprint density at radius 3 is 2.90 bits per heavy atom. The topological polar surface area (TPSA) is 82.3 Å². The summed E-state index contributed by atoms with van der Waals surface area (Å²) in [6.07, 6.45) is 4.89. The van der Waals surface area contributed by atoms with Crippen molar-refractivity contribution in [3.63, 3.8) is 0 Å². The van der Waals surface area contributed by atoms with E-state index in [1.807, 2.05) is 24.3 Å². The summed E-state index contributed by atoms with van der Waals surface area (Å²) in [5.41, 5.74) is 7.21. The van der Waals surface area contributed by atoms with Crippen LogP contribution in [0.3, 0.4) is 0 Å². The second-order valence-corrected chi connectivity index (χ2v) is 8.29. The van der Waals surface area contributed by atoms with Gasteiger partial charge in [-0.1, -0.05) is 6.08 Å². The van der Waals surface area contributed by atoms with Gasteiger partial charge >= 0.3 is 0 Å². The van der Waals surface area contributed by atoms with Crippen LogP contribution in [0.2, 0.25) is 0 Å². The highest BCUT2D eigenvalue weighted by Crippen LogP contribution is 2.35. The molecule has 3 N–H and O–H groups in total. The van der Waals surface area contributed by atoms with Crippen LogP contribution in [0, 0.1) is 5.13 Å². The summed E-state index contributed by atoms with van der Waals surface area (Å²) in [5, 5.41) is 11.7. The number of H-pyrrole nitrogens is 2. The molecule has 5 aromatic heterocycles. The van der Waals surface area contributed by atoms with Gasteiger partial charge in [-0.3, -0.25) is 5.10 Å². The van der Waals surface area contributed by atoms with E-state index in [1.165, 1.54) is 11.6 Å². The first-order valence-corrected chi connectivity index (χ1v) is 10.6. The third-order valence-corrected chi connectivity index (χ3v) is 6.33. The molecule has 0 saturated heterocycles. The minimum absolute atomic E-state index is 0.201. The molecule has 1 aliphatic heterocycles. The van der Waals surface area contributed by atoms with Crippen LogP contribution in [0.4, 0.5) is 4.39 Å². The lowest BCUT2D eigenvalue weighted by atomic mass is 10.0. The third kappa shape index (κ3) is 2.84. The van der Waals surface area contributed by atoms with E-state index >= 15 is 0 Å². The quantitative estimate of drug-likeness (QED) is 0.397. The summed E-state index contributed by atoms with van der Waals surface area (Å²) >= 11 is 1.13. The molecular weight excluding hydrogens is 399 g/mol. The Morgan fingerprint density at radius 2 is 2.07 bits per heavy atom. The lowest BCUT2D eigenvalue weighted by Crippen LogP contribution is -2.20. The van der Waals surface area contributed by atoms with Crippen molar-refractivity contribution >= 4 is 39.0 Å². The van der Waals surface area contributed by atoms with E-state index in [0.717, 1.165) is 80.4 Å². The molecule has 0 aliphatic carbocycles. The fourth-order valence-electron chi connectivity index (χ4n) is 3.95. The van der Waals surface area contributed by atoms with Crippen LogP contribution in [0.25, 0.3) is 49.5 Å². The molecule has 1 aliphatic rings. The summed E-state index contributed by atoms with van der Waals surface area (Å²) in [6.45, 7) is 1.83. The fraction of sp³-hybridized carbons (Fsp3) is 0.136. The Hall–Kier alpha value is -3.36. The molecule has 6 nitrogen and oxygen atoms in total. The number of aromatic nitrogens is 5. The van der Waals surface area contributed by atoms with Gasteiger partial charge in [0.05, 0.1) is 16.9 Å². The molecule has 0 spiro atoms. The molecule has 0 bridgehead atoms. The highest BCUT2D eigenvalue weighted by molar-refractivity contribution is 7.14. The SMILES string of the molecule is Fc1ccc(-c2ccnc3[nH]c(-c4n[nH]c5ccc(C6=CCNCC6)nc45)cc23)s1. The maximum Gasteiger partial charge on any atom is 0.176 e. The number of halogens is 1. The monoisotopic (exact) mass is 416 g/mol. The van der Waals surface area contributed by atoms with Crippen molar-refractivity contribution in [3.8, 4) is 21.8 Å². The number of thiophene rings is 1. The Labute approximate surface area is 174 Å². The van der Waals surface area contributed by atoms with Crippen LogP contribution in [-0.2, 0) is 0 Å². The Balaban J connectivity index is 1.49. The smallest absolute Gasteiger partial charge is 0.176 e. The van der Waals surface area contributed by atoms with Gasteiger partial charge in [0.25, 0.3) is 0 Å². The largest absolute Gasteiger partial charge is 0.338 e. The molecule has 0 aromatic carbocycles. The van der Waals surface area contributed by atoms with Crippen molar-refractivity contribution in [2.45, 2.75) is 6.42 Å². The minimum atomic E-state index is -0.201. The van der Waals surface area contributed by atoms with Gasteiger partial charge < -0.3 is 10.3 Å². The molecule has 8 heteroatoms. The number of nitrogens with one attached hydrogen (secondary N) is 3. The van der Waals surface area contributed by atoms with E-state index in [2.05, 4.69) is 31.6 Å². The van der Waals surface area contributed by atoms with Crippen molar-refractivity contribution in [1.82, 2.24) is 30.5 Å². The van der Waals surface area contributed by atoms with Gasteiger partial charge in [-0.05, 0) is 54.9 Å². The van der Waals surface area contributed by atoms with Crippen molar-refractivity contribution in [1.29, 1.82) is 0 Å². The van der Waals surface area contributed by atoms with Crippen molar-refractivity contribution < 1.29 is 4.39 Å². The first-order valence-electron chi connectivity index (χ1n) is 9.75. The summed E-state index contributed by atoms with van der Waals surface area (Å²) < 4.78 is 13.6. The van der Waals surface area contributed by atoms with Crippen LogP contribution < -0.4 is 5.32 Å². The summed E-state index contributed by atoms with van der Waals surface area (Å²) in [5.74, 6) is 0. The number of rotatable bonds is 3. The fourth-order valence-corrected chi connectivity index (χ4v) is 4.72. The van der Waals surface area contributed by atoms with Gasteiger partial charge in [0, 0.05) is 28.6 Å². The van der Waals surface area contributed by atoms with Gasteiger partial charge in [0.1, 0.15) is 16.9 Å². The normalized spacial score (nSPS) is 14.5. The predicted molar refractivity (Wildman–Crippen MR) is 118 cm³/mol. The van der Waals surface area contributed by atoms with Crippen molar-refractivity contribution in [2.24, 2.45) is 0 Å². The van der Waals surface area contributed by atoms with E-state index in [-0.39, 0.29) is 5.13 Å². The second-order valence-electron chi connectivity index (χ2n) is 7.26. The number of hydrogen-bond donors (Lipinski definition) is 3. The number of aromatic amines is 2. The van der Waals surface area contributed by atoms with Gasteiger partial charge in [0.15, 0.2) is 5.13 Å². The van der Waals surface area contributed by atoms with Crippen molar-refractivity contribution in [3.05, 3.63) is 59.5 Å². The molecule has 148 valence electrons. The Kier molecular flexibility index (Phi) is 4.00. The maximum absolute atomic E-state index is 13.6. The average molecular weight is 416 g/mol. The molecule has 0 fully saturated rings. The van der Waals surface area contributed by atoms with Gasteiger partial charge in [-0.15, -0.1) is 11.3 Å². The van der Waals surface area contributed by atoms with Crippen LogP contribution >= 0.6 is 11.3 Å². The molecule has 0 unspecified atom stereocenters. The molecule has 6 heterocycles. The summed E-state index contributed by atoms with van der Waals surface area (Å²) in [4.78, 5) is 13.6. The summed E-state index contributed by atoms with van der Waals surface area (Å²) in [7, 11) is 0. The molecule has 0 atom stereocenters. The van der Waals surface area contributed by atoms with Gasteiger partial charge in [0.2, 0.25) is 0 Å². The number of hydrogen-bond acceptors (Lipinski definition) is 5. The molecule has 0 amide bonds. The Bertz CT molecular complexity index is 1430. The molecular formula is C22H17FN6S. The number of pyridine rings is 2. The van der Waals surface area contributed by atoms with E-state index < -0.39 is 0 Å². The summed E-state index contributed by atoms with van der Waals surface area (Å²) in [6, 6.07) is 11.3. The lowest BCUT2D eigenvalue weighted by Gasteiger charge is -2.13. The van der Waals surface area contributed by atoms with E-state index in [4.69, 9.17) is 4.98 Å². The highest BCUT2D eigenvalue weighted by atomic mass is 32.1. The third-order valence-electron chi connectivity index (χ3n) is 5.43. The highest BCUT2D eigenvalue weighted by Gasteiger charge is 2.17. The zero-order valence-corrected chi connectivity index (χ0v) is 16.7. The standard InChI is InChI=1S/C22H17FN6S/c23-19-4-3-18(30-19)13-7-10-25-22-14(13)11-17(27-22)21-20-16(28-29-21)2-1-15(26-20)12-5-8-24-9-6-12/h1-5,7,10-11,24H,6,8-9H2,(H,25,27)(H,28,29). The second kappa shape index (κ2) is 6.86. The van der Waals surface area contributed by atoms with Gasteiger partial charge in [-0.25, -0.2) is 9.97 Å². The molecule has 5 aromatic rings. The Morgan fingerprint density at radius 1 is 1.10 bits per heavy atom. The zero-order chi connectivity index (χ0) is 20.1. The lowest BCUT2D eigenvalue weighted by molar-refractivity contribution is 0.657. The maximum atomic E-state index is 13.6. The van der Waals surface area contributed by atoms with Crippen molar-refractivity contribution in [2.75, 3.05) is 13.1 Å². The number of fused-ring (bicyclic) bond motifs is 2. The van der Waals surface area contributed by atoms with Gasteiger partial charge in [-0.2, -0.15) is 9.49 Å². The number of nitrogens with zero attached hydrogens (tertiary/aromatic N) is 3. The first kappa shape index (κ1) is 17.5. The molecule has 30 heavy (non-hydrogen) atoms. The van der Waals surface area contributed by atoms with Crippen LogP contribution in [0.1, 0.15) is 12.1 Å². The minimum Gasteiger partial charge on any atom is -0.338 e. The zero-order valence-electron chi connectivity index (χ0n) is 15.9. The van der Waals surface area contributed by atoms with E-state index in [1.54, 1.807) is 12.3 Å². The van der Waals surface area contributed by atoms with E-state index in [9.17, 15) is 4.39 Å². The van der Waals surface area contributed by atoms with Crippen LogP contribution in [0.15, 0.2) is 48.7 Å². The first-order chi connectivity index (χ1) is 14.8. The van der Waals surface area contributed by atoms with Crippen LogP contribution in [0.5, 0.6) is 0 Å². The van der Waals surface area contributed by atoms with E-state index in [0.29, 0.717) is 0 Å².